The van der Waals surface area contributed by atoms with E-state index in [0.29, 0.717) is 32.3 Å². The molecule has 0 unspecified atom stereocenters. The highest BCUT2D eigenvalue weighted by atomic mass is 32.2. The van der Waals surface area contributed by atoms with Crippen molar-refractivity contribution < 1.29 is 49.3 Å². The van der Waals surface area contributed by atoms with Crippen LogP contribution >= 0.6 is 14.3 Å². The van der Waals surface area contributed by atoms with Gasteiger partial charge in [-0.1, -0.05) is 121 Å². The molecule has 0 aromatic heterocycles. The van der Waals surface area contributed by atoms with E-state index in [2.05, 4.69) is 0 Å². The summed E-state index contributed by atoms with van der Waals surface area (Å²) < 4.78 is 115. The number of hydrogen-bond acceptors (Lipinski definition) is 9. The molecule has 15 heteroatoms. The molecule has 57 heavy (non-hydrogen) atoms. The van der Waals surface area contributed by atoms with Crippen molar-refractivity contribution in [2.75, 3.05) is 26.4 Å². The summed E-state index contributed by atoms with van der Waals surface area (Å²) in [4.78, 5) is -0.724. The predicted molar refractivity (Wildman–Crippen MR) is 221 cm³/mol. The lowest BCUT2D eigenvalue weighted by Gasteiger charge is -2.22. The monoisotopic (exact) mass is 846 g/mol. The molecule has 0 saturated heterocycles. The highest BCUT2D eigenvalue weighted by Gasteiger charge is 2.31. The second kappa shape index (κ2) is 18.2. The minimum atomic E-state index is -4.58. The summed E-state index contributed by atoms with van der Waals surface area (Å²) in [6.07, 6.45) is -0.177. The van der Waals surface area contributed by atoms with Gasteiger partial charge in [-0.05, 0) is 36.4 Å². The summed E-state index contributed by atoms with van der Waals surface area (Å²) in [6.45, 7) is 0.184. The Balaban J connectivity index is 1.15. The maximum atomic E-state index is 14.8. The van der Waals surface area contributed by atoms with Gasteiger partial charge in [-0.2, -0.15) is 16.8 Å². The van der Waals surface area contributed by atoms with Gasteiger partial charge in [0.1, 0.15) is 39.0 Å². The number of ether oxygens (including phenoxy) is 3. The Hall–Kier alpha value is -4.84. The summed E-state index contributed by atoms with van der Waals surface area (Å²) in [7, 11) is -15.9. The van der Waals surface area contributed by atoms with Gasteiger partial charge in [-0.3, -0.25) is 9.11 Å². The van der Waals surface area contributed by atoms with Crippen molar-refractivity contribution in [3.8, 4) is 11.5 Å². The van der Waals surface area contributed by atoms with Gasteiger partial charge in [0, 0.05) is 44.7 Å². The minimum absolute atomic E-state index is 0.0187. The van der Waals surface area contributed by atoms with Crippen LogP contribution in [0.1, 0.15) is 11.1 Å². The Morgan fingerprint density at radius 3 is 1.00 bits per heavy atom. The van der Waals surface area contributed by atoms with Gasteiger partial charge in [-0.15, -0.1) is 0 Å². The van der Waals surface area contributed by atoms with Crippen LogP contribution < -0.4 is 30.7 Å². The van der Waals surface area contributed by atoms with Crippen molar-refractivity contribution >= 4 is 55.7 Å². The molecule has 2 N–H and O–H groups in total. The topological polar surface area (TPSA) is 171 Å². The Morgan fingerprint density at radius 2 is 0.719 bits per heavy atom. The van der Waals surface area contributed by atoms with Crippen LogP contribution in [0.25, 0.3) is 0 Å². The normalized spacial score (nSPS) is 12.2. The van der Waals surface area contributed by atoms with Crippen LogP contribution in [0.5, 0.6) is 11.5 Å². The van der Waals surface area contributed by atoms with Crippen molar-refractivity contribution in [3.05, 3.63) is 169 Å². The van der Waals surface area contributed by atoms with E-state index in [0.717, 1.165) is 0 Å². The maximum absolute atomic E-state index is 14.8. The first kappa shape index (κ1) is 41.8. The first-order valence-electron chi connectivity index (χ1n) is 17.7. The molecule has 0 bridgehead atoms. The van der Waals surface area contributed by atoms with Gasteiger partial charge in [0.25, 0.3) is 20.2 Å². The van der Waals surface area contributed by atoms with Crippen LogP contribution in [0.3, 0.4) is 0 Å². The first-order valence-corrected chi connectivity index (χ1v) is 24.4. The first-order chi connectivity index (χ1) is 27.3. The van der Waals surface area contributed by atoms with Gasteiger partial charge in [-0.25, -0.2) is 0 Å². The summed E-state index contributed by atoms with van der Waals surface area (Å²) in [5.74, 6) is 0.526. The molecule has 296 valence electrons. The second-order valence-electron chi connectivity index (χ2n) is 12.9. The van der Waals surface area contributed by atoms with Crippen molar-refractivity contribution in [1.82, 2.24) is 0 Å². The van der Waals surface area contributed by atoms with Crippen molar-refractivity contribution in [2.24, 2.45) is 0 Å². The lowest BCUT2D eigenvalue weighted by atomic mass is 10.2. The van der Waals surface area contributed by atoms with E-state index in [1.165, 1.54) is 36.4 Å². The molecule has 0 fully saturated rings. The third-order valence-corrected chi connectivity index (χ3v) is 16.9. The van der Waals surface area contributed by atoms with E-state index in [-0.39, 0.29) is 60.0 Å². The van der Waals surface area contributed by atoms with Gasteiger partial charge >= 0.3 is 0 Å². The van der Waals surface area contributed by atoms with E-state index in [4.69, 9.17) is 14.2 Å². The molecule has 0 aliphatic heterocycles. The smallest absolute Gasteiger partial charge is 0.294 e. The lowest BCUT2D eigenvalue weighted by Crippen LogP contribution is -2.19. The molecule has 0 heterocycles. The summed E-state index contributed by atoms with van der Waals surface area (Å²) >= 11 is 0. The van der Waals surface area contributed by atoms with Gasteiger partial charge < -0.3 is 23.3 Å². The van der Waals surface area contributed by atoms with Crippen LogP contribution in [0, 0.1) is 0 Å². The highest BCUT2D eigenvalue weighted by molar-refractivity contribution is 7.86. The summed E-state index contributed by atoms with van der Waals surface area (Å²) in [5, 5.41) is 2.28. The van der Waals surface area contributed by atoms with Crippen molar-refractivity contribution in [2.45, 2.75) is 22.1 Å². The lowest BCUT2D eigenvalue weighted by molar-refractivity contribution is 0.0760. The standard InChI is InChI=1S/C42H40O11P2S2/c43-54(35-13-5-1-6-14-35,36-15-7-2-8-16-36)31-33-29-39(56(45,46)47)21-23-41(33)52-27-25-51-26-28-53-42-24-22-40(57(48,49)50)30-34(42)32-55(44,37-17-9-3-10-18-37)38-19-11-4-12-20-38/h1-24,29-30H,25-28,31-32H2,(H,45,46,47)(H,48,49,50). The van der Waals surface area contributed by atoms with E-state index < -0.39 is 34.5 Å². The SMILES string of the molecule is O=P(Cc1cc(S(=O)(=O)O)ccc1OCCOCCOc1ccc(S(=O)(=O)O)cc1CP(=O)(c1ccccc1)c1ccccc1)(c1ccccc1)c1ccccc1. The largest absolute Gasteiger partial charge is 0.491 e. The van der Waals surface area contributed by atoms with E-state index in [1.807, 2.05) is 24.3 Å². The van der Waals surface area contributed by atoms with E-state index in [1.54, 1.807) is 97.1 Å². The Morgan fingerprint density at radius 1 is 0.421 bits per heavy atom. The average Bonchev–Trinajstić information content (AvgIpc) is 3.21. The molecule has 6 aromatic carbocycles. The molecule has 0 spiro atoms. The van der Waals surface area contributed by atoms with Crippen LogP contribution in [-0.2, 0) is 46.4 Å². The van der Waals surface area contributed by atoms with Crippen molar-refractivity contribution in [3.63, 3.8) is 0 Å². The molecular weight excluding hydrogens is 807 g/mol. The maximum Gasteiger partial charge on any atom is 0.294 e. The van der Waals surface area contributed by atoms with Gasteiger partial charge in [0.15, 0.2) is 0 Å². The third-order valence-electron chi connectivity index (χ3n) is 9.11. The zero-order valence-corrected chi connectivity index (χ0v) is 34.0. The predicted octanol–water partition coefficient (Wildman–Crippen LogP) is 6.68. The Labute approximate surface area is 332 Å². The summed E-state index contributed by atoms with van der Waals surface area (Å²) in [5.41, 5.74) is 0.627. The molecule has 0 aliphatic rings. The number of rotatable bonds is 18. The number of benzene rings is 6. The molecule has 6 aromatic rings. The van der Waals surface area contributed by atoms with Crippen LogP contribution in [0.2, 0.25) is 0 Å². The summed E-state index contributed by atoms with van der Waals surface area (Å²) in [6, 6.07) is 43.3. The Kier molecular flexibility index (Phi) is 13.3. The molecule has 0 amide bonds. The molecule has 0 radical (unpaired) electrons. The zero-order valence-electron chi connectivity index (χ0n) is 30.5. The molecule has 0 atom stereocenters. The van der Waals surface area contributed by atoms with Crippen LogP contribution in [0.15, 0.2) is 168 Å². The quantitative estimate of drug-likeness (QED) is 0.0537. The third kappa shape index (κ3) is 10.4. The minimum Gasteiger partial charge on any atom is -0.491 e. The van der Waals surface area contributed by atoms with E-state index in [9.17, 15) is 35.1 Å². The van der Waals surface area contributed by atoms with E-state index >= 15 is 0 Å². The Bertz CT molecular complexity index is 2340. The second-order valence-corrected chi connectivity index (χ2v) is 21.4. The number of hydrogen-bond donors (Lipinski definition) is 2. The molecular formula is C42H40O11P2S2. The fourth-order valence-corrected chi connectivity index (χ4v) is 12.8. The molecule has 6 rings (SSSR count). The van der Waals surface area contributed by atoms with Crippen LogP contribution in [-0.4, -0.2) is 52.4 Å². The molecule has 0 saturated carbocycles. The van der Waals surface area contributed by atoms with Crippen molar-refractivity contribution in [1.29, 1.82) is 0 Å². The highest BCUT2D eigenvalue weighted by Crippen LogP contribution is 2.50. The van der Waals surface area contributed by atoms with Gasteiger partial charge in [0.05, 0.1) is 23.0 Å². The zero-order chi connectivity index (χ0) is 40.5. The molecule has 11 nitrogen and oxygen atoms in total. The fraction of sp³-hybridized carbons (Fsp3) is 0.143. The van der Waals surface area contributed by atoms with Gasteiger partial charge in [0.2, 0.25) is 0 Å². The molecule has 0 aliphatic carbocycles. The fourth-order valence-electron chi connectivity index (χ4n) is 6.30. The average molecular weight is 847 g/mol. The van der Waals surface area contributed by atoms with Crippen LogP contribution in [0.4, 0.5) is 0 Å².